The Morgan fingerprint density at radius 2 is 1.81 bits per heavy atom. The summed E-state index contributed by atoms with van der Waals surface area (Å²) >= 11 is 0. The van der Waals surface area contributed by atoms with Crippen LogP contribution in [0.2, 0.25) is 0 Å². The molecule has 5 unspecified atom stereocenters. The lowest BCUT2D eigenvalue weighted by Gasteiger charge is -2.26. The van der Waals surface area contributed by atoms with E-state index in [0.29, 0.717) is 24.1 Å². The van der Waals surface area contributed by atoms with Crippen LogP contribution in [0.4, 0.5) is 0 Å². The molecule has 26 heavy (non-hydrogen) atoms. The number of piperidine rings is 1. The maximum Gasteiger partial charge on any atom is 0.335 e. The number of amides is 1. The number of aliphatic hydroxyl groups is 2. The molecule has 5 atom stereocenters. The van der Waals surface area contributed by atoms with Crippen LogP contribution in [0.25, 0.3) is 0 Å². The summed E-state index contributed by atoms with van der Waals surface area (Å²) in [7, 11) is 0. The van der Waals surface area contributed by atoms with Crippen molar-refractivity contribution >= 4 is 17.8 Å². The number of fused-ring (bicyclic) bond motifs is 1. The largest absolute Gasteiger partial charge is 0.479 e. The Hall–Kier alpha value is -2.56. The molecule has 0 spiro atoms. The number of nitrogens with zero attached hydrogens (tertiary/aromatic N) is 2. The predicted octanol–water partition coefficient (Wildman–Crippen LogP) is -1.48. The summed E-state index contributed by atoms with van der Waals surface area (Å²) in [6, 6.07) is 4.29. The SMILES string of the molecule is NCC1CC2CC2N1C(=O)c1cccnc1.O=C(O)C(O)C(O)C(=O)O. The molecule has 0 radical (unpaired) electrons. The van der Waals surface area contributed by atoms with E-state index in [1.807, 2.05) is 11.0 Å². The van der Waals surface area contributed by atoms with Crippen molar-refractivity contribution in [2.75, 3.05) is 6.54 Å². The molecule has 0 bridgehead atoms. The Morgan fingerprint density at radius 3 is 2.27 bits per heavy atom. The molecule has 1 saturated heterocycles. The van der Waals surface area contributed by atoms with Gasteiger partial charge in [0.05, 0.1) is 5.56 Å². The van der Waals surface area contributed by atoms with E-state index >= 15 is 0 Å². The Labute approximate surface area is 148 Å². The Bertz CT molecular complexity index is 651. The number of pyridine rings is 1. The number of rotatable bonds is 5. The summed E-state index contributed by atoms with van der Waals surface area (Å²) in [4.78, 5) is 37.8. The van der Waals surface area contributed by atoms with Crippen molar-refractivity contribution in [1.29, 1.82) is 0 Å². The van der Waals surface area contributed by atoms with E-state index < -0.39 is 24.1 Å². The Kier molecular flexibility index (Phi) is 6.24. The van der Waals surface area contributed by atoms with E-state index in [1.165, 1.54) is 0 Å². The van der Waals surface area contributed by atoms with Crippen LogP contribution in [0.15, 0.2) is 24.5 Å². The van der Waals surface area contributed by atoms with E-state index in [1.54, 1.807) is 18.5 Å². The fourth-order valence-corrected chi connectivity index (χ4v) is 2.99. The number of aliphatic carboxylic acids is 2. The molecule has 142 valence electrons. The van der Waals surface area contributed by atoms with Crippen LogP contribution in [-0.2, 0) is 9.59 Å². The van der Waals surface area contributed by atoms with Gasteiger partial charge >= 0.3 is 11.9 Å². The number of carboxylic acid groups (broad SMARTS) is 2. The minimum atomic E-state index is -2.27. The number of carbonyl (C=O) groups excluding carboxylic acids is 1. The third-order valence-corrected chi connectivity index (χ3v) is 4.43. The monoisotopic (exact) mass is 367 g/mol. The fraction of sp³-hybridized carbons (Fsp3) is 0.500. The van der Waals surface area contributed by atoms with Crippen molar-refractivity contribution < 1.29 is 34.8 Å². The Morgan fingerprint density at radius 1 is 1.19 bits per heavy atom. The second-order valence-electron chi connectivity index (χ2n) is 6.21. The number of aromatic nitrogens is 1. The zero-order valence-corrected chi connectivity index (χ0v) is 13.8. The summed E-state index contributed by atoms with van der Waals surface area (Å²) in [6.45, 7) is 0.568. The van der Waals surface area contributed by atoms with Crippen LogP contribution in [0.1, 0.15) is 23.2 Å². The predicted molar refractivity (Wildman–Crippen MR) is 87.0 cm³/mol. The van der Waals surface area contributed by atoms with Gasteiger partial charge in [-0.25, -0.2) is 9.59 Å². The van der Waals surface area contributed by atoms with Gasteiger partial charge in [-0.05, 0) is 30.9 Å². The van der Waals surface area contributed by atoms with Gasteiger partial charge in [-0.15, -0.1) is 0 Å². The topological polar surface area (TPSA) is 174 Å². The third-order valence-electron chi connectivity index (χ3n) is 4.43. The normalized spacial score (nSPS) is 25.3. The first-order valence-corrected chi connectivity index (χ1v) is 8.02. The number of hydrogen-bond donors (Lipinski definition) is 5. The van der Waals surface area contributed by atoms with Crippen molar-refractivity contribution in [2.24, 2.45) is 11.7 Å². The van der Waals surface area contributed by atoms with Crippen molar-refractivity contribution in [3.63, 3.8) is 0 Å². The molecule has 1 aliphatic heterocycles. The molecule has 0 aromatic carbocycles. The van der Waals surface area contributed by atoms with Gasteiger partial charge in [-0.2, -0.15) is 0 Å². The lowest BCUT2D eigenvalue weighted by atomic mass is 10.1. The van der Waals surface area contributed by atoms with Crippen molar-refractivity contribution in [1.82, 2.24) is 9.88 Å². The van der Waals surface area contributed by atoms with Crippen molar-refractivity contribution in [2.45, 2.75) is 37.1 Å². The standard InChI is InChI=1S/C12H15N3O.C4H6O6/c13-6-10-4-9-5-11(9)15(10)12(16)8-2-1-3-14-7-8;5-1(3(7)8)2(6)4(9)10/h1-3,7,9-11H,4-6,13H2;1-2,5-6H,(H,7,8)(H,9,10). The minimum absolute atomic E-state index is 0.0913. The molecule has 1 aromatic rings. The maximum atomic E-state index is 12.3. The first-order valence-electron chi connectivity index (χ1n) is 8.02. The molecular weight excluding hydrogens is 346 g/mol. The highest BCUT2D eigenvalue weighted by atomic mass is 16.4. The molecule has 1 saturated carbocycles. The smallest absolute Gasteiger partial charge is 0.335 e. The molecule has 1 aromatic heterocycles. The van der Waals surface area contributed by atoms with Crippen LogP contribution in [-0.4, -0.2) is 79.0 Å². The summed E-state index contributed by atoms with van der Waals surface area (Å²) in [5.74, 6) is -2.74. The average molecular weight is 367 g/mol. The van der Waals surface area contributed by atoms with Gasteiger partial charge in [0.2, 0.25) is 0 Å². The van der Waals surface area contributed by atoms with Crippen LogP contribution < -0.4 is 5.73 Å². The van der Waals surface area contributed by atoms with E-state index in [-0.39, 0.29) is 11.9 Å². The lowest BCUT2D eigenvalue weighted by molar-refractivity contribution is -0.165. The minimum Gasteiger partial charge on any atom is -0.479 e. The van der Waals surface area contributed by atoms with Crippen LogP contribution in [0.3, 0.4) is 0 Å². The van der Waals surface area contributed by atoms with Gasteiger partial charge in [-0.1, -0.05) is 0 Å². The number of nitrogens with two attached hydrogens (primary N) is 1. The molecular formula is C16H21N3O7. The molecule has 6 N–H and O–H groups in total. The number of carboxylic acids is 2. The van der Waals surface area contributed by atoms with E-state index in [4.69, 9.17) is 26.2 Å². The molecule has 2 heterocycles. The van der Waals surface area contributed by atoms with Gasteiger partial charge < -0.3 is 31.1 Å². The van der Waals surface area contributed by atoms with Crippen LogP contribution in [0.5, 0.6) is 0 Å². The summed E-state index contributed by atoms with van der Waals surface area (Å²) in [5, 5.41) is 32.5. The van der Waals surface area contributed by atoms with Crippen molar-refractivity contribution in [3.05, 3.63) is 30.1 Å². The van der Waals surface area contributed by atoms with Gasteiger partial charge in [-0.3, -0.25) is 9.78 Å². The van der Waals surface area contributed by atoms with Crippen molar-refractivity contribution in [3.8, 4) is 0 Å². The molecule has 10 heteroatoms. The first kappa shape index (κ1) is 19.8. The van der Waals surface area contributed by atoms with Crippen LogP contribution >= 0.6 is 0 Å². The number of aliphatic hydroxyl groups excluding tert-OH is 2. The molecule has 10 nitrogen and oxygen atoms in total. The zero-order valence-electron chi connectivity index (χ0n) is 13.8. The third kappa shape index (κ3) is 4.34. The fourth-order valence-electron chi connectivity index (χ4n) is 2.99. The molecule has 2 fully saturated rings. The Balaban J connectivity index is 0.000000213. The van der Waals surface area contributed by atoms with Gasteiger partial charge in [0.1, 0.15) is 0 Å². The van der Waals surface area contributed by atoms with Gasteiger partial charge in [0.15, 0.2) is 12.2 Å². The van der Waals surface area contributed by atoms with Gasteiger partial charge in [0, 0.05) is 31.0 Å². The highest BCUT2D eigenvalue weighted by Crippen LogP contribution is 2.47. The molecule has 1 aliphatic carbocycles. The highest BCUT2D eigenvalue weighted by Gasteiger charge is 2.53. The second kappa shape index (κ2) is 8.21. The van der Waals surface area contributed by atoms with Crippen LogP contribution in [0, 0.1) is 5.92 Å². The average Bonchev–Trinajstić information content (AvgIpc) is 3.31. The quantitative estimate of drug-likeness (QED) is 0.415. The zero-order chi connectivity index (χ0) is 19.4. The van der Waals surface area contributed by atoms with Gasteiger partial charge in [0.25, 0.3) is 5.91 Å². The number of hydrogen-bond acceptors (Lipinski definition) is 7. The first-order chi connectivity index (χ1) is 12.3. The van der Waals surface area contributed by atoms with E-state index in [0.717, 1.165) is 12.8 Å². The highest BCUT2D eigenvalue weighted by molar-refractivity contribution is 5.94. The number of carbonyl (C=O) groups is 3. The summed E-state index contributed by atoms with van der Waals surface area (Å²) in [5.41, 5.74) is 6.39. The summed E-state index contributed by atoms with van der Waals surface area (Å²) in [6.07, 6.45) is 1.01. The molecule has 2 aliphatic rings. The second-order valence-corrected chi connectivity index (χ2v) is 6.21. The summed E-state index contributed by atoms with van der Waals surface area (Å²) < 4.78 is 0. The van der Waals surface area contributed by atoms with E-state index in [2.05, 4.69) is 4.98 Å². The lowest BCUT2D eigenvalue weighted by Crippen LogP contribution is -2.42. The van der Waals surface area contributed by atoms with E-state index in [9.17, 15) is 14.4 Å². The molecule has 3 rings (SSSR count). The maximum absolute atomic E-state index is 12.3. The molecule has 1 amide bonds. The number of likely N-dealkylation sites (tertiary alicyclic amines) is 1.